The third-order valence-corrected chi connectivity index (χ3v) is 4.45. The first-order valence-corrected chi connectivity index (χ1v) is 7.26. The fourth-order valence-electron chi connectivity index (χ4n) is 2.63. The normalized spacial score (nSPS) is 19.5. The average molecular weight is 262 g/mol. The highest BCUT2D eigenvalue weighted by Crippen LogP contribution is 2.17. The molecule has 106 valence electrons. The molecule has 0 aliphatic carbocycles. The minimum absolute atomic E-state index is 0.154. The molecule has 1 heterocycles. The van der Waals surface area contributed by atoms with Gasteiger partial charge < -0.3 is 15.3 Å². The van der Waals surface area contributed by atoms with Gasteiger partial charge in [-0.15, -0.1) is 0 Å². The quantitative estimate of drug-likeness (QED) is 0.843. The van der Waals surface area contributed by atoms with Crippen molar-refractivity contribution in [2.24, 2.45) is 0 Å². The van der Waals surface area contributed by atoms with E-state index in [9.17, 15) is 5.11 Å². The van der Waals surface area contributed by atoms with Crippen LogP contribution in [-0.2, 0) is 12.8 Å². The van der Waals surface area contributed by atoms with E-state index in [1.807, 2.05) is 7.05 Å². The van der Waals surface area contributed by atoms with E-state index in [0.717, 1.165) is 38.9 Å². The third kappa shape index (κ3) is 3.78. The lowest BCUT2D eigenvalue weighted by atomic mass is 9.99. The zero-order chi connectivity index (χ0) is 13.7. The van der Waals surface area contributed by atoms with Gasteiger partial charge in [-0.2, -0.15) is 0 Å². The van der Waals surface area contributed by atoms with Crippen LogP contribution in [0, 0.1) is 0 Å². The van der Waals surface area contributed by atoms with E-state index in [1.54, 1.807) is 0 Å². The van der Waals surface area contributed by atoms with E-state index < -0.39 is 0 Å². The third-order valence-electron chi connectivity index (χ3n) is 4.45. The molecule has 0 aromatic heterocycles. The van der Waals surface area contributed by atoms with Gasteiger partial charge in [0.1, 0.15) is 0 Å². The van der Waals surface area contributed by atoms with Crippen LogP contribution in [0.4, 0.5) is 0 Å². The Morgan fingerprint density at radius 1 is 1.21 bits per heavy atom. The molecule has 1 aromatic carbocycles. The Balaban J connectivity index is 1.88. The Bertz CT molecular complexity index is 374. The van der Waals surface area contributed by atoms with Gasteiger partial charge in [-0.3, -0.25) is 0 Å². The predicted molar refractivity (Wildman–Crippen MR) is 79.5 cm³/mol. The fraction of sp³-hybridized carbons (Fsp3) is 0.625. The molecule has 0 radical (unpaired) electrons. The molecule has 1 atom stereocenters. The van der Waals surface area contributed by atoms with Crippen LogP contribution in [0.15, 0.2) is 24.3 Å². The lowest BCUT2D eigenvalue weighted by molar-refractivity contribution is 0.153. The lowest BCUT2D eigenvalue weighted by Gasteiger charge is -2.30. The summed E-state index contributed by atoms with van der Waals surface area (Å²) in [7, 11) is 1.93. The first-order chi connectivity index (χ1) is 9.17. The molecule has 0 bridgehead atoms. The van der Waals surface area contributed by atoms with Crippen LogP contribution in [0.5, 0.6) is 0 Å². The Kier molecular flexibility index (Phi) is 4.97. The molecule has 3 nitrogen and oxygen atoms in total. The smallest absolute Gasteiger partial charge is 0.0610 e. The number of aliphatic hydroxyl groups excluding tert-OH is 1. The topological polar surface area (TPSA) is 35.5 Å². The summed E-state index contributed by atoms with van der Waals surface area (Å²) in [6, 6.07) is 8.78. The Labute approximate surface area is 116 Å². The molecule has 2 rings (SSSR count). The van der Waals surface area contributed by atoms with E-state index in [0.29, 0.717) is 0 Å². The van der Waals surface area contributed by atoms with Crippen molar-refractivity contribution in [3.8, 4) is 0 Å². The molecule has 1 aromatic rings. The molecule has 0 spiro atoms. The molecule has 1 unspecified atom stereocenters. The van der Waals surface area contributed by atoms with Gasteiger partial charge in [0.2, 0.25) is 0 Å². The van der Waals surface area contributed by atoms with Gasteiger partial charge in [-0.05, 0) is 50.9 Å². The minimum atomic E-state index is -0.154. The maximum absolute atomic E-state index is 9.43. The summed E-state index contributed by atoms with van der Waals surface area (Å²) in [6.07, 6.45) is 3.27. The summed E-state index contributed by atoms with van der Waals surface area (Å²) < 4.78 is 0. The number of hydrogen-bond donors (Lipinski definition) is 2. The molecule has 0 amide bonds. The van der Waals surface area contributed by atoms with Crippen molar-refractivity contribution >= 4 is 0 Å². The molecule has 2 N–H and O–H groups in total. The molecule has 19 heavy (non-hydrogen) atoms. The van der Waals surface area contributed by atoms with Gasteiger partial charge in [0.05, 0.1) is 6.61 Å². The van der Waals surface area contributed by atoms with Crippen LogP contribution in [-0.4, -0.2) is 48.8 Å². The molecule has 0 saturated carbocycles. The van der Waals surface area contributed by atoms with Crippen LogP contribution in [0.1, 0.15) is 24.5 Å². The van der Waals surface area contributed by atoms with Crippen LogP contribution < -0.4 is 5.32 Å². The van der Waals surface area contributed by atoms with Crippen LogP contribution >= 0.6 is 0 Å². The number of rotatable bonds is 5. The first-order valence-electron chi connectivity index (χ1n) is 7.26. The summed E-state index contributed by atoms with van der Waals surface area (Å²) in [6.45, 7) is 5.58. The predicted octanol–water partition coefficient (Wildman–Crippen LogP) is 1.45. The van der Waals surface area contributed by atoms with Crippen molar-refractivity contribution in [2.45, 2.75) is 31.7 Å². The van der Waals surface area contributed by atoms with E-state index >= 15 is 0 Å². The van der Waals surface area contributed by atoms with Gasteiger partial charge in [0, 0.05) is 18.6 Å². The van der Waals surface area contributed by atoms with Gasteiger partial charge in [-0.1, -0.05) is 24.3 Å². The summed E-state index contributed by atoms with van der Waals surface area (Å²) in [4.78, 5) is 2.52. The van der Waals surface area contributed by atoms with Gasteiger partial charge >= 0.3 is 0 Å². The van der Waals surface area contributed by atoms with Crippen LogP contribution in [0.25, 0.3) is 0 Å². The van der Waals surface area contributed by atoms with Crippen molar-refractivity contribution in [2.75, 3.05) is 33.3 Å². The first kappa shape index (κ1) is 14.5. The Hall–Kier alpha value is -0.900. The van der Waals surface area contributed by atoms with Crippen LogP contribution in [0.2, 0.25) is 0 Å². The zero-order valence-electron chi connectivity index (χ0n) is 12.2. The van der Waals surface area contributed by atoms with Crippen molar-refractivity contribution in [3.05, 3.63) is 35.4 Å². The maximum atomic E-state index is 9.43. The monoisotopic (exact) mass is 262 g/mol. The van der Waals surface area contributed by atoms with Crippen molar-refractivity contribution < 1.29 is 5.11 Å². The van der Waals surface area contributed by atoms with Crippen molar-refractivity contribution in [1.29, 1.82) is 0 Å². The van der Waals surface area contributed by atoms with Crippen molar-refractivity contribution in [1.82, 2.24) is 10.2 Å². The zero-order valence-corrected chi connectivity index (χ0v) is 12.2. The summed E-state index contributed by atoms with van der Waals surface area (Å²) >= 11 is 0. The molecule has 0 fully saturated rings. The number of aliphatic hydroxyl groups is 1. The number of hydrogen-bond acceptors (Lipinski definition) is 3. The molecule has 1 aliphatic rings. The largest absolute Gasteiger partial charge is 0.394 e. The number of fused-ring (bicyclic) bond motifs is 1. The second kappa shape index (κ2) is 6.51. The number of nitrogens with zero attached hydrogens (tertiary/aromatic N) is 1. The number of benzene rings is 1. The Morgan fingerprint density at radius 2 is 1.79 bits per heavy atom. The Morgan fingerprint density at radius 3 is 2.26 bits per heavy atom. The fourth-order valence-corrected chi connectivity index (χ4v) is 2.63. The SMILES string of the molecule is CNC(C)(CO)CCN1CCc2ccccc2CC1. The van der Waals surface area contributed by atoms with E-state index in [4.69, 9.17) is 0 Å². The summed E-state index contributed by atoms with van der Waals surface area (Å²) in [5.41, 5.74) is 2.85. The number of likely N-dealkylation sites (N-methyl/N-ethyl adjacent to an activating group) is 1. The number of nitrogens with one attached hydrogen (secondary N) is 1. The molecule has 1 aliphatic heterocycles. The molecule has 0 saturated heterocycles. The molecule has 3 heteroatoms. The van der Waals surface area contributed by atoms with Gasteiger partial charge in [-0.25, -0.2) is 0 Å². The highest BCUT2D eigenvalue weighted by Gasteiger charge is 2.22. The van der Waals surface area contributed by atoms with Gasteiger partial charge in [0.15, 0.2) is 0 Å². The highest BCUT2D eigenvalue weighted by molar-refractivity contribution is 5.28. The van der Waals surface area contributed by atoms with E-state index in [-0.39, 0.29) is 12.1 Å². The highest BCUT2D eigenvalue weighted by atomic mass is 16.3. The summed E-state index contributed by atoms with van der Waals surface area (Å²) in [5.74, 6) is 0. The molecular formula is C16H26N2O. The second-order valence-electron chi connectivity index (χ2n) is 5.83. The van der Waals surface area contributed by atoms with Crippen molar-refractivity contribution in [3.63, 3.8) is 0 Å². The van der Waals surface area contributed by atoms with E-state index in [1.165, 1.54) is 11.1 Å². The second-order valence-corrected chi connectivity index (χ2v) is 5.83. The maximum Gasteiger partial charge on any atom is 0.0610 e. The standard InChI is InChI=1S/C16H26N2O/c1-16(13-19,17-2)9-12-18-10-7-14-5-3-4-6-15(14)8-11-18/h3-6,17,19H,7-13H2,1-2H3. The van der Waals surface area contributed by atoms with E-state index in [2.05, 4.69) is 41.4 Å². The van der Waals surface area contributed by atoms with Crippen LogP contribution in [0.3, 0.4) is 0 Å². The lowest BCUT2D eigenvalue weighted by Crippen LogP contribution is -2.46. The average Bonchev–Trinajstić information content (AvgIpc) is 2.67. The minimum Gasteiger partial charge on any atom is -0.394 e. The summed E-state index contributed by atoms with van der Waals surface area (Å²) in [5, 5.41) is 12.7. The molecular weight excluding hydrogens is 236 g/mol. The van der Waals surface area contributed by atoms with Gasteiger partial charge in [0.25, 0.3) is 0 Å².